The summed E-state index contributed by atoms with van der Waals surface area (Å²) in [6, 6.07) is 0. The highest BCUT2D eigenvalue weighted by Crippen LogP contribution is 2.08. The van der Waals surface area contributed by atoms with Crippen LogP contribution >= 0.6 is 11.6 Å². The molecule has 1 fully saturated rings. The Labute approximate surface area is 90.1 Å². The van der Waals surface area contributed by atoms with Crippen LogP contribution < -0.4 is 0 Å². The molecule has 0 aromatic carbocycles. The molecule has 1 rings (SSSR count). The second-order valence-corrected chi connectivity index (χ2v) is 3.87. The highest BCUT2D eigenvalue weighted by atomic mass is 35.5. The van der Waals surface area contributed by atoms with Gasteiger partial charge >= 0.3 is 0 Å². The van der Waals surface area contributed by atoms with Crippen LogP contribution in [0.25, 0.3) is 0 Å². The molecule has 0 atom stereocenters. The Morgan fingerprint density at radius 3 is 2.36 bits per heavy atom. The number of hydrogen-bond donors (Lipinski definition) is 1. The first-order chi connectivity index (χ1) is 6.59. The van der Waals surface area contributed by atoms with Gasteiger partial charge in [-0.1, -0.05) is 18.2 Å². The SMILES string of the molecule is C=C(C=CC(=N)Cl)N1CCN(C)CC1. The first kappa shape index (κ1) is 11.3. The molecule has 0 aliphatic carbocycles. The van der Waals surface area contributed by atoms with Crippen LogP contribution in [0.15, 0.2) is 24.4 Å². The fourth-order valence-electron chi connectivity index (χ4n) is 1.37. The number of allylic oxidation sites excluding steroid dienone is 2. The van der Waals surface area contributed by atoms with Crippen molar-refractivity contribution >= 4 is 16.8 Å². The Kier molecular flexibility index (Phi) is 4.17. The number of nitrogens with zero attached hydrogens (tertiary/aromatic N) is 2. The Hall–Kier alpha value is -0.800. The van der Waals surface area contributed by atoms with Crippen molar-refractivity contribution in [1.82, 2.24) is 9.80 Å². The minimum Gasteiger partial charge on any atom is -0.369 e. The quantitative estimate of drug-likeness (QED) is 0.569. The molecule has 0 saturated carbocycles. The fourth-order valence-corrected chi connectivity index (χ4v) is 1.43. The van der Waals surface area contributed by atoms with E-state index in [-0.39, 0.29) is 5.17 Å². The topological polar surface area (TPSA) is 30.3 Å². The van der Waals surface area contributed by atoms with E-state index in [1.54, 1.807) is 12.2 Å². The molecule has 1 saturated heterocycles. The molecule has 0 bridgehead atoms. The summed E-state index contributed by atoms with van der Waals surface area (Å²) in [6.45, 7) is 8.05. The molecule has 1 aliphatic rings. The van der Waals surface area contributed by atoms with Crippen molar-refractivity contribution in [1.29, 1.82) is 5.41 Å². The molecule has 78 valence electrons. The van der Waals surface area contributed by atoms with E-state index in [1.165, 1.54) is 0 Å². The molecule has 0 radical (unpaired) electrons. The van der Waals surface area contributed by atoms with Gasteiger partial charge in [0, 0.05) is 31.9 Å². The Morgan fingerprint density at radius 2 is 1.86 bits per heavy atom. The number of hydrogen-bond acceptors (Lipinski definition) is 3. The Morgan fingerprint density at radius 1 is 1.29 bits per heavy atom. The predicted octanol–water partition coefficient (Wildman–Crippen LogP) is 1.52. The van der Waals surface area contributed by atoms with Gasteiger partial charge in [0.15, 0.2) is 0 Å². The molecule has 0 unspecified atom stereocenters. The molecule has 0 amide bonds. The second kappa shape index (κ2) is 5.17. The van der Waals surface area contributed by atoms with E-state index in [4.69, 9.17) is 17.0 Å². The van der Waals surface area contributed by atoms with Gasteiger partial charge in [0.1, 0.15) is 5.17 Å². The van der Waals surface area contributed by atoms with Crippen LogP contribution in [0, 0.1) is 5.41 Å². The summed E-state index contributed by atoms with van der Waals surface area (Å²) >= 11 is 5.41. The lowest BCUT2D eigenvalue weighted by Gasteiger charge is -2.34. The summed E-state index contributed by atoms with van der Waals surface area (Å²) < 4.78 is 0. The van der Waals surface area contributed by atoms with E-state index in [2.05, 4.69) is 23.4 Å². The maximum Gasteiger partial charge on any atom is 0.120 e. The standard InChI is InChI=1S/C10H16ClN3/c1-9(3-4-10(11)12)14-7-5-13(2)6-8-14/h3-4,12H,1,5-8H2,2H3. The van der Waals surface area contributed by atoms with Crippen LogP contribution in [-0.4, -0.2) is 48.2 Å². The Bertz CT molecular complexity index is 252. The van der Waals surface area contributed by atoms with Crippen molar-refractivity contribution in [3.05, 3.63) is 24.4 Å². The molecule has 1 N–H and O–H groups in total. The van der Waals surface area contributed by atoms with Crippen LogP contribution in [0.4, 0.5) is 0 Å². The van der Waals surface area contributed by atoms with Crippen LogP contribution in [0.5, 0.6) is 0 Å². The van der Waals surface area contributed by atoms with Crippen molar-refractivity contribution in [2.45, 2.75) is 0 Å². The first-order valence-electron chi connectivity index (χ1n) is 4.64. The number of halogens is 1. The Balaban J connectivity index is 2.42. The third kappa shape index (κ3) is 3.52. The van der Waals surface area contributed by atoms with E-state index < -0.39 is 0 Å². The third-order valence-electron chi connectivity index (χ3n) is 2.33. The minimum atomic E-state index is 0.0419. The number of likely N-dealkylation sites (N-methyl/N-ethyl adjacent to an activating group) is 1. The van der Waals surface area contributed by atoms with Crippen LogP contribution in [-0.2, 0) is 0 Å². The van der Waals surface area contributed by atoms with Crippen molar-refractivity contribution in [2.24, 2.45) is 0 Å². The molecule has 1 aliphatic heterocycles. The van der Waals surface area contributed by atoms with E-state index in [9.17, 15) is 0 Å². The second-order valence-electron chi connectivity index (χ2n) is 3.46. The minimum absolute atomic E-state index is 0.0419. The van der Waals surface area contributed by atoms with Gasteiger partial charge < -0.3 is 9.80 Å². The van der Waals surface area contributed by atoms with Gasteiger partial charge in [-0.15, -0.1) is 0 Å². The summed E-state index contributed by atoms with van der Waals surface area (Å²) in [7, 11) is 2.12. The molecule has 0 aromatic rings. The van der Waals surface area contributed by atoms with Crippen LogP contribution in [0.2, 0.25) is 0 Å². The smallest absolute Gasteiger partial charge is 0.120 e. The lowest BCUT2D eigenvalue weighted by Crippen LogP contribution is -2.43. The van der Waals surface area contributed by atoms with Gasteiger partial charge in [-0.2, -0.15) is 0 Å². The van der Waals surface area contributed by atoms with E-state index in [0.717, 1.165) is 31.9 Å². The molecule has 0 spiro atoms. The zero-order valence-electron chi connectivity index (χ0n) is 8.46. The van der Waals surface area contributed by atoms with E-state index >= 15 is 0 Å². The summed E-state index contributed by atoms with van der Waals surface area (Å²) in [5.41, 5.74) is 0.934. The van der Waals surface area contributed by atoms with Gasteiger partial charge in [-0.05, 0) is 19.2 Å². The van der Waals surface area contributed by atoms with Crippen LogP contribution in [0.3, 0.4) is 0 Å². The molecule has 1 heterocycles. The lowest BCUT2D eigenvalue weighted by molar-refractivity contribution is 0.190. The maximum atomic E-state index is 7.04. The number of rotatable bonds is 3. The molecular weight excluding hydrogens is 198 g/mol. The van der Waals surface area contributed by atoms with Gasteiger partial charge in [-0.3, -0.25) is 5.41 Å². The molecule has 4 heteroatoms. The lowest BCUT2D eigenvalue weighted by atomic mass is 10.3. The van der Waals surface area contributed by atoms with Gasteiger partial charge in [0.05, 0.1) is 0 Å². The van der Waals surface area contributed by atoms with Gasteiger partial charge in [-0.25, -0.2) is 0 Å². The summed E-state index contributed by atoms with van der Waals surface area (Å²) in [6.07, 6.45) is 3.35. The third-order valence-corrected chi connectivity index (χ3v) is 2.46. The highest BCUT2D eigenvalue weighted by molar-refractivity contribution is 6.67. The normalized spacial score (nSPS) is 18.9. The molecule has 0 aromatic heterocycles. The predicted molar refractivity (Wildman–Crippen MR) is 60.9 cm³/mol. The average molecular weight is 214 g/mol. The maximum absolute atomic E-state index is 7.04. The highest BCUT2D eigenvalue weighted by Gasteiger charge is 2.13. The summed E-state index contributed by atoms with van der Waals surface area (Å²) in [4.78, 5) is 4.49. The van der Waals surface area contributed by atoms with E-state index in [0.29, 0.717) is 0 Å². The molecule has 3 nitrogen and oxygen atoms in total. The molecular formula is C10H16ClN3. The molecule has 14 heavy (non-hydrogen) atoms. The van der Waals surface area contributed by atoms with Crippen molar-refractivity contribution in [3.8, 4) is 0 Å². The number of nitrogens with one attached hydrogen (secondary N) is 1. The van der Waals surface area contributed by atoms with Gasteiger partial charge in [0.25, 0.3) is 0 Å². The summed E-state index contributed by atoms with van der Waals surface area (Å²) in [5, 5.41) is 7.09. The van der Waals surface area contributed by atoms with E-state index in [1.807, 2.05) is 0 Å². The fraction of sp³-hybridized carbons (Fsp3) is 0.500. The zero-order valence-corrected chi connectivity index (χ0v) is 9.22. The first-order valence-corrected chi connectivity index (χ1v) is 5.02. The van der Waals surface area contributed by atoms with Crippen molar-refractivity contribution in [2.75, 3.05) is 33.2 Å². The average Bonchev–Trinajstić information content (AvgIpc) is 2.15. The van der Waals surface area contributed by atoms with Gasteiger partial charge in [0.2, 0.25) is 0 Å². The monoisotopic (exact) mass is 213 g/mol. The van der Waals surface area contributed by atoms with Crippen molar-refractivity contribution in [3.63, 3.8) is 0 Å². The zero-order chi connectivity index (χ0) is 10.6. The van der Waals surface area contributed by atoms with Crippen molar-refractivity contribution < 1.29 is 0 Å². The number of piperazine rings is 1. The summed E-state index contributed by atoms with van der Waals surface area (Å²) in [5.74, 6) is 0. The largest absolute Gasteiger partial charge is 0.369 e. The van der Waals surface area contributed by atoms with Crippen LogP contribution in [0.1, 0.15) is 0 Å².